The Labute approximate surface area is 76.4 Å². The van der Waals surface area contributed by atoms with Crippen LogP contribution >= 0.6 is 22.9 Å². The Kier molecular flexibility index (Phi) is 3.34. The fourth-order valence-corrected chi connectivity index (χ4v) is 1.98. The van der Waals surface area contributed by atoms with Crippen LogP contribution < -0.4 is 0 Å². The summed E-state index contributed by atoms with van der Waals surface area (Å²) in [7, 11) is 0. The van der Waals surface area contributed by atoms with E-state index < -0.39 is 0 Å². The van der Waals surface area contributed by atoms with Gasteiger partial charge in [-0.05, 0) is 6.42 Å². The Hall–Kier alpha value is -0.0800. The van der Waals surface area contributed by atoms with E-state index in [2.05, 4.69) is 18.8 Å². The zero-order chi connectivity index (χ0) is 8.27. The molecule has 1 heterocycles. The van der Waals surface area contributed by atoms with Crippen molar-refractivity contribution in [3.05, 3.63) is 16.1 Å². The van der Waals surface area contributed by atoms with Gasteiger partial charge in [-0.15, -0.1) is 22.9 Å². The van der Waals surface area contributed by atoms with E-state index >= 15 is 0 Å². The molecule has 0 amide bonds. The molecule has 0 spiro atoms. The number of alkyl halides is 1. The minimum Gasteiger partial charge on any atom is -0.245 e. The van der Waals surface area contributed by atoms with Crippen LogP contribution in [0.25, 0.3) is 0 Å². The molecule has 0 bridgehead atoms. The molecule has 1 aromatic heterocycles. The first-order chi connectivity index (χ1) is 5.27. The summed E-state index contributed by atoms with van der Waals surface area (Å²) in [4.78, 5) is 4.39. The van der Waals surface area contributed by atoms with Crippen molar-refractivity contribution in [2.45, 2.75) is 32.1 Å². The highest BCUT2D eigenvalue weighted by Crippen LogP contribution is 2.22. The molecule has 0 aliphatic carbocycles. The second-order valence-electron chi connectivity index (χ2n) is 2.62. The van der Waals surface area contributed by atoms with Gasteiger partial charge in [-0.3, -0.25) is 0 Å². The summed E-state index contributed by atoms with van der Waals surface area (Å²) in [5.41, 5.74) is 1.01. The summed E-state index contributed by atoms with van der Waals surface area (Å²) in [6.07, 6.45) is 1.15. The maximum absolute atomic E-state index is 5.63. The quantitative estimate of drug-likeness (QED) is 0.665. The van der Waals surface area contributed by atoms with Gasteiger partial charge in [-0.2, -0.15) is 0 Å². The highest BCUT2D eigenvalue weighted by Gasteiger charge is 2.06. The van der Waals surface area contributed by atoms with Gasteiger partial charge in [0.05, 0.1) is 16.6 Å². The molecule has 0 aromatic carbocycles. The SMILES string of the molecule is CCC(C)c1nc(CCl)cs1. The third kappa shape index (κ3) is 2.17. The summed E-state index contributed by atoms with van der Waals surface area (Å²) in [5.74, 6) is 1.12. The molecule has 0 N–H and O–H groups in total. The van der Waals surface area contributed by atoms with Crippen molar-refractivity contribution < 1.29 is 0 Å². The summed E-state index contributed by atoms with van der Waals surface area (Å²) >= 11 is 7.34. The molecule has 1 nitrogen and oxygen atoms in total. The van der Waals surface area contributed by atoms with Gasteiger partial charge in [-0.25, -0.2) is 4.98 Å². The maximum Gasteiger partial charge on any atom is 0.0956 e. The number of hydrogen-bond acceptors (Lipinski definition) is 2. The molecule has 0 fully saturated rings. The van der Waals surface area contributed by atoms with Gasteiger partial charge in [0.15, 0.2) is 0 Å². The first-order valence-corrected chi connectivity index (χ1v) is 5.19. The molecule has 0 aliphatic rings. The average Bonchev–Trinajstić information content (AvgIpc) is 2.50. The molecule has 3 heteroatoms. The number of nitrogens with zero attached hydrogens (tertiary/aromatic N) is 1. The zero-order valence-electron chi connectivity index (χ0n) is 6.80. The van der Waals surface area contributed by atoms with Crippen molar-refractivity contribution in [2.75, 3.05) is 0 Å². The Balaban J connectivity index is 2.71. The van der Waals surface area contributed by atoms with Gasteiger partial charge < -0.3 is 0 Å². The molecule has 1 rings (SSSR count). The van der Waals surface area contributed by atoms with E-state index in [4.69, 9.17) is 11.6 Å². The van der Waals surface area contributed by atoms with Gasteiger partial charge in [0.25, 0.3) is 0 Å². The lowest BCUT2D eigenvalue weighted by Gasteiger charge is -2.01. The predicted molar refractivity (Wildman–Crippen MR) is 50.4 cm³/mol. The van der Waals surface area contributed by atoms with E-state index in [1.54, 1.807) is 11.3 Å². The molecule has 0 saturated heterocycles. The van der Waals surface area contributed by atoms with Crippen LogP contribution in [0.4, 0.5) is 0 Å². The number of rotatable bonds is 3. The highest BCUT2D eigenvalue weighted by atomic mass is 35.5. The lowest BCUT2D eigenvalue weighted by atomic mass is 10.1. The van der Waals surface area contributed by atoms with Crippen LogP contribution in [0.1, 0.15) is 36.9 Å². The monoisotopic (exact) mass is 189 g/mol. The summed E-state index contributed by atoms with van der Waals surface area (Å²) < 4.78 is 0. The van der Waals surface area contributed by atoms with Gasteiger partial charge in [0.2, 0.25) is 0 Å². The van der Waals surface area contributed by atoms with E-state index in [1.807, 2.05) is 5.38 Å². The lowest BCUT2D eigenvalue weighted by molar-refractivity contribution is 0.724. The fraction of sp³-hybridized carbons (Fsp3) is 0.625. The fourth-order valence-electron chi connectivity index (χ4n) is 0.785. The van der Waals surface area contributed by atoms with E-state index in [-0.39, 0.29) is 0 Å². The van der Waals surface area contributed by atoms with E-state index in [0.29, 0.717) is 11.8 Å². The first-order valence-electron chi connectivity index (χ1n) is 3.78. The minimum absolute atomic E-state index is 0.535. The van der Waals surface area contributed by atoms with E-state index in [9.17, 15) is 0 Å². The summed E-state index contributed by atoms with van der Waals surface area (Å²) in [5, 5.41) is 3.25. The van der Waals surface area contributed by atoms with Gasteiger partial charge in [0, 0.05) is 11.3 Å². The van der Waals surface area contributed by atoms with Crippen LogP contribution in [0.15, 0.2) is 5.38 Å². The van der Waals surface area contributed by atoms with Gasteiger partial charge >= 0.3 is 0 Å². The van der Waals surface area contributed by atoms with Crippen molar-refractivity contribution in [2.24, 2.45) is 0 Å². The predicted octanol–water partition coefficient (Wildman–Crippen LogP) is 3.40. The van der Waals surface area contributed by atoms with Crippen LogP contribution in [0.5, 0.6) is 0 Å². The lowest BCUT2D eigenvalue weighted by Crippen LogP contribution is -1.89. The molecule has 1 atom stereocenters. The second-order valence-corrected chi connectivity index (χ2v) is 3.78. The topological polar surface area (TPSA) is 12.9 Å². The third-order valence-electron chi connectivity index (χ3n) is 1.74. The van der Waals surface area contributed by atoms with Crippen LogP contribution in [-0.2, 0) is 5.88 Å². The van der Waals surface area contributed by atoms with Crippen LogP contribution in [0.2, 0.25) is 0 Å². The Morgan fingerprint density at radius 3 is 2.91 bits per heavy atom. The molecular formula is C8H12ClNS. The number of halogens is 1. The molecule has 11 heavy (non-hydrogen) atoms. The summed E-state index contributed by atoms with van der Waals surface area (Å²) in [6, 6.07) is 0. The molecular weight excluding hydrogens is 178 g/mol. The van der Waals surface area contributed by atoms with Crippen molar-refractivity contribution in [3.63, 3.8) is 0 Å². The first kappa shape index (κ1) is 9.01. The Morgan fingerprint density at radius 2 is 2.45 bits per heavy atom. The highest BCUT2D eigenvalue weighted by molar-refractivity contribution is 7.09. The van der Waals surface area contributed by atoms with Crippen LogP contribution in [0, 0.1) is 0 Å². The number of thiazole rings is 1. The maximum atomic E-state index is 5.63. The summed E-state index contributed by atoms with van der Waals surface area (Å²) in [6.45, 7) is 4.36. The Morgan fingerprint density at radius 1 is 1.73 bits per heavy atom. The van der Waals surface area contributed by atoms with Crippen molar-refractivity contribution in [1.29, 1.82) is 0 Å². The largest absolute Gasteiger partial charge is 0.245 e. The standard InChI is InChI=1S/C8H12ClNS/c1-3-6(2)8-10-7(4-9)5-11-8/h5-6H,3-4H2,1-2H3. The normalized spacial score (nSPS) is 13.4. The van der Waals surface area contributed by atoms with Gasteiger partial charge in [0.1, 0.15) is 0 Å². The number of hydrogen-bond donors (Lipinski definition) is 0. The van der Waals surface area contributed by atoms with Crippen molar-refractivity contribution in [1.82, 2.24) is 4.98 Å². The third-order valence-corrected chi connectivity index (χ3v) is 3.14. The van der Waals surface area contributed by atoms with Crippen LogP contribution in [-0.4, -0.2) is 4.98 Å². The minimum atomic E-state index is 0.535. The van der Waals surface area contributed by atoms with E-state index in [1.165, 1.54) is 5.01 Å². The van der Waals surface area contributed by atoms with Gasteiger partial charge in [-0.1, -0.05) is 13.8 Å². The molecule has 0 aliphatic heterocycles. The molecule has 1 unspecified atom stereocenters. The van der Waals surface area contributed by atoms with Crippen molar-refractivity contribution in [3.8, 4) is 0 Å². The van der Waals surface area contributed by atoms with Crippen molar-refractivity contribution >= 4 is 22.9 Å². The molecule has 62 valence electrons. The van der Waals surface area contributed by atoms with Crippen LogP contribution in [0.3, 0.4) is 0 Å². The smallest absolute Gasteiger partial charge is 0.0956 e. The van der Waals surface area contributed by atoms with E-state index in [0.717, 1.165) is 12.1 Å². The molecule has 1 aromatic rings. The number of aromatic nitrogens is 1. The molecule has 0 saturated carbocycles. The second kappa shape index (κ2) is 4.07. The zero-order valence-corrected chi connectivity index (χ0v) is 8.37. The molecule has 0 radical (unpaired) electrons. The average molecular weight is 190 g/mol. The Bertz CT molecular complexity index is 222.